The van der Waals surface area contributed by atoms with E-state index < -0.39 is 0 Å². The van der Waals surface area contributed by atoms with Crippen LogP contribution in [0.1, 0.15) is 0 Å². The Kier molecular flexibility index (Phi) is 8.42. The fourth-order valence-electron chi connectivity index (χ4n) is 8.69. The Hall–Kier alpha value is -8.41. The molecule has 0 aliphatic heterocycles. The van der Waals surface area contributed by atoms with E-state index in [0.29, 0.717) is 17.5 Å². The summed E-state index contributed by atoms with van der Waals surface area (Å²) in [4.78, 5) is 15.6. The molecule has 0 fully saturated rings. The largest absolute Gasteiger partial charge is 0.456 e. The number of nitrogens with zero attached hydrogens (tertiary/aromatic N) is 3. The quantitative estimate of drug-likeness (QED) is 0.161. The second kappa shape index (κ2) is 14.7. The van der Waals surface area contributed by atoms with Gasteiger partial charge in [0, 0.05) is 38.2 Å². The highest BCUT2D eigenvalue weighted by Crippen LogP contribution is 2.41. The zero-order chi connectivity index (χ0) is 41.0. The summed E-state index contributed by atoms with van der Waals surface area (Å²) in [5.74, 6) is 1.71. The van der Waals surface area contributed by atoms with Gasteiger partial charge >= 0.3 is 0 Å². The number of rotatable bonds is 7. The Morgan fingerprint density at radius 3 is 1.02 bits per heavy atom. The van der Waals surface area contributed by atoms with E-state index in [1.165, 1.54) is 22.3 Å². The average Bonchev–Trinajstić information content (AvgIpc) is 3.93. The fraction of sp³-hybridized carbons (Fsp3) is 0. The van der Waals surface area contributed by atoms with E-state index in [2.05, 4.69) is 140 Å². The van der Waals surface area contributed by atoms with Crippen LogP contribution < -0.4 is 0 Å². The molecule has 0 saturated heterocycles. The first-order valence-corrected chi connectivity index (χ1v) is 20.7. The Labute approximate surface area is 357 Å². The molecule has 0 unspecified atom stereocenters. The predicted molar refractivity (Wildman–Crippen MR) is 252 cm³/mol. The lowest BCUT2D eigenvalue weighted by Crippen LogP contribution is -2.00. The van der Waals surface area contributed by atoms with Gasteiger partial charge in [-0.25, -0.2) is 15.0 Å². The van der Waals surface area contributed by atoms with Crippen molar-refractivity contribution in [1.29, 1.82) is 0 Å². The molecule has 12 rings (SSSR count). The number of benzene rings is 9. The Morgan fingerprint density at radius 1 is 0.242 bits per heavy atom. The Balaban J connectivity index is 0.976. The third kappa shape index (κ3) is 6.23. The summed E-state index contributed by atoms with van der Waals surface area (Å²) in [7, 11) is 0. The van der Waals surface area contributed by atoms with Crippen LogP contribution in [0, 0.1) is 0 Å². The summed E-state index contributed by atoms with van der Waals surface area (Å²) in [6.07, 6.45) is 0. The van der Waals surface area contributed by atoms with Crippen molar-refractivity contribution in [3.63, 3.8) is 0 Å². The maximum absolute atomic E-state index is 6.51. The maximum atomic E-state index is 6.51. The molecule has 9 aromatic carbocycles. The van der Waals surface area contributed by atoms with E-state index >= 15 is 0 Å². The van der Waals surface area contributed by atoms with Gasteiger partial charge in [-0.3, -0.25) is 0 Å². The lowest BCUT2D eigenvalue weighted by molar-refractivity contribution is 0.668. The van der Waals surface area contributed by atoms with E-state index in [1.54, 1.807) is 0 Å². The van der Waals surface area contributed by atoms with Gasteiger partial charge in [-0.2, -0.15) is 0 Å². The third-order valence-electron chi connectivity index (χ3n) is 11.8. The van der Waals surface area contributed by atoms with E-state index in [0.717, 1.165) is 82.8 Å². The molecule has 0 bridgehead atoms. The number of hydrogen-bond donors (Lipinski definition) is 0. The molecule has 0 atom stereocenters. The number of furan rings is 2. The highest BCUT2D eigenvalue weighted by molar-refractivity contribution is 6.14. The topological polar surface area (TPSA) is 65.0 Å². The first-order valence-electron chi connectivity index (χ1n) is 20.7. The van der Waals surface area contributed by atoms with Crippen LogP contribution >= 0.6 is 0 Å². The molecule has 0 aliphatic carbocycles. The molecule has 0 spiro atoms. The van der Waals surface area contributed by atoms with Crippen molar-refractivity contribution in [3.05, 3.63) is 212 Å². The molecule has 290 valence electrons. The molecule has 0 amide bonds. The molecule has 0 radical (unpaired) electrons. The monoisotopic (exact) mass is 793 g/mol. The zero-order valence-electron chi connectivity index (χ0n) is 33.4. The van der Waals surface area contributed by atoms with Crippen LogP contribution in [0.3, 0.4) is 0 Å². The van der Waals surface area contributed by atoms with Crippen LogP contribution in [0.4, 0.5) is 0 Å². The van der Waals surface area contributed by atoms with E-state index in [9.17, 15) is 0 Å². The van der Waals surface area contributed by atoms with Gasteiger partial charge in [-0.05, 0) is 80.9 Å². The smallest absolute Gasteiger partial charge is 0.164 e. The Bertz CT molecular complexity index is 3600. The average molecular weight is 794 g/mol. The summed E-state index contributed by atoms with van der Waals surface area (Å²) in [6.45, 7) is 0. The minimum absolute atomic E-state index is 0.560. The lowest BCUT2D eigenvalue weighted by atomic mass is 9.97. The van der Waals surface area contributed by atoms with Crippen molar-refractivity contribution in [2.24, 2.45) is 0 Å². The van der Waals surface area contributed by atoms with Crippen LogP contribution in [-0.2, 0) is 0 Å². The first kappa shape index (κ1) is 35.5. The second-order valence-electron chi connectivity index (χ2n) is 15.5. The van der Waals surface area contributed by atoms with Crippen LogP contribution in [0.15, 0.2) is 221 Å². The van der Waals surface area contributed by atoms with Crippen LogP contribution in [0.5, 0.6) is 0 Å². The van der Waals surface area contributed by atoms with Crippen molar-refractivity contribution >= 4 is 43.9 Å². The molecule has 3 aromatic heterocycles. The van der Waals surface area contributed by atoms with Gasteiger partial charge in [0.1, 0.15) is 22.3 Å². The summed E-state index contributed by atoms with van der Waals surface area (Å²) in [6, 6.07) is 73.5. The predicted octanol–water partition coefficient (Wildman–Crippen LogP) is 15.3. The fourth-order valence-corrected chi connectivity index (χ4v) is 8.69. The van der Waals surface area contributed by atoms with Gasteiger partial charge in [0.25, 0.3) is 0 Å². The Morgan fingerprint density at radius 2 is 0.581 bits per heavy atom. The van der Waals surface area contributed by atoms with Gasteiger partial charge in [0.15, 0.2) is 17.5 Å². The van der Waals surface area contributed by atoms with Gasteiger partial charge in [-0.1, -0.05) is 176 Å². The highest BCUT2D eigenvalue weighted by atomic mass is 16.3. The second-order valence-corrected chi connectivity index (χ2v) is 15.5. The number of hydrogen-bond acceptors (Lipinski definition) is 5. The number of aromatic nitrogens is 3. The summed E-state index contributed by atoms with van der Waals surface area (Å²) >= 11 is 0. The van der Waals surface area contributed by atoms with Crippen LogP contribution in [0.25, 0.3) is 123 Å². The van der Waals surface area contributed by atoms with Gasteiger partial charge in [0.05, 0.1) is 0 Å². The SMILES string of the molecule is c1ccc(-c2ccc(-c3ccc(-c4ccc5oc6cccc(-c7nc(-c8ccccc8)nc(-c8cccc9oc%10ccc(-c%11ccccc%11)cc%10c89)n7)c6c5c4)cc3)cc2)cc1. The number of fused-ring (bicyclic) bond motifs is 6. The molecular weight excluding hydrogens is 759 g/mol. The molecule has 5 nitrogen and oxygen atoms in total. The molecule has 0 aliphatic rings. The van der Waals surface area contributed by atoms with Crippen LogP contribution in [-0.4, -0.2) is 15.0 Å². The van der Waals surface area contributed by atoms with Gasteiger partial charge in [0.2, 0.25) is 0 Å². The standard InChI is InChI=1S/C57H35N3O2/c1-4-12-36(13-5-1)38-22-24-39(25-23-38)40-26-28-41(29-27-40)44-31-33-50-48(35-44)54-46(19-11-21-52(54)62-50)57-59-55(42-16-8-3-9-17-42)58-56(60-57)45-18-10-20-51-53(45)47-34-43(30-32-49(47)61-51)37-14-6-2-7-15-37/h1-35H. The first-order chi connectivity index (χ1) is 30.7. The highest BCUT2D eigenvalue weighted by Gasteiger charge is 2.21. The molecule has 3 heterocycles. The van der Waals surface area contributed by atoms with Crippen LogP contribution in [0.2, 0.25) is 0 Å². The third-order valence-corrected chi connectivity index (χ3v) is 11.8. The van der Waals surface area contributed by atoms with Crippen molar-refractivity contribution in [1.82, 2.24) is 15.0 Å². The molecule has 62 heavy (non-hydrogen) atoms. The summed E-state index contributed by atoms with van der Waals surface area (Å²) in [5, 5.41) is 3.91. The maximum Gasteiger partial charge on any atom is 0.164 e. The molecule has 5 heteroatoms. The normalized spacial score (nSPS) is 11.5. The summed E-state index contributed by atoms with van der Waals surface area (Å²) < 4.78 is 13.0. The van der Waals surface area contributed by atoms with Crippen molar-refractivity contribution < 1.29 is 8.83 Å². The molecule has 12 aromatic rings. The van der Waals surface area contributed by atoms with E-state index in [1.807, 2.05) is 72.8 Å². The summed E-state index contributed by atoms with van der Waals surface area (Å²) in [5.41, 5.74) is 15.0. The van der Waals surface area contributed by atoms with E-state index in [4.69, 9.17) is 23.8 Å². The minimum atomic E-state index is 0.560. The molecule has 0 N–H and O–H groups in total. The van der Waals surface area contributed by atoms with Crippen molar-refractivity contribution in [3.8, 4) is 78.7 Å². The van der Waals surface area contributed by atoms with Gasteiger partial charge in [-0.15, -0.1) is 0 Å². The molecule has 0 saturated carbocycles. The van der Waals surface area contributed by atoms with Crippen molar-refractivity contribution in [2.45, 2.75) is 0 Å². The molecular formula is C57H35N3O2. The lowest BCUT2D eigenvalue weighted by Gasteiger charge is -2.10. The van der Waals surface area contributed by atoms with E-state index in [-0.39, 0.29) is 0 Å². The van der Waals surface area contributed by atoms with Crippen molar-refractivity contribution in [2.75, 3.05) is 0 Å². The van der Waals surface area contributed by atoms with Gasteiger partial charge < -0.3 is 8.83 Å². The zero-order valence-corrected chi connectivity index (χ0v) is 33.4. The minimum Gasteiger partial charge on any atom is -0.456 e.